The van der Waals surface area contributed by atoms with E-state index in [1.54, 1.807) is 36.4 Å². The molecule has 3 aromatic rings. The summed E-state index contributed by atoms with van der Waals surface area (Å²) in [5.74, 6) is 1.59. The van der Waals surface area contributed by atoms with Gasteiger partial charge in [-0.25, -0.2) is 0 Å². The number of ketones is 1. The molecular weight excluding hydrogens is 328 g/mol. The largest absolute Gasteiger partial charge is 0.485 e. The van der Waals surface area contributed by atoms with Gasteiger partial charge in [-0.3, -0.25) is 4.79 Å². The average molecular weight is 343 g/mol. The predicted octanol–water partition coefficient (Wildman–Crippen LogP) is 4.56. The van der Waals surface area contributed by atoms with E-state index < -0.39 is 0 Å². The summed E-state index contributed by atoms with van der Waals surface area (Å²) in [7, 11) is 0. The lowest BCUT2D eigenvalue weighted by Gasteiger charge is -2.04. The molecular formula is C18H15ClN2O3. The number of nitrogens with zero attached hydrogens (tertiary/aromatic N) is 2. The molecule has 0 saturated carbocycles. The molecule has 2 aromatic carbocycles. The van der Waals surface area contributed by atoms with E-state index in [1.807, 2.05) is 19.1 Å². The molecule has 0 aliphatic heterocycles. The maximum absolute atomic E-state index is 11.6. The van der Waals surface area contributed by atoms with Gasteiger partial charge in [-0.15, -0.1) is 0 Å². The van der Waals surface area contributed by atoms with Crippen molar-refractivity contribution in [1.29, 1.82) is 0 Å². The molecule has 1 heterocycles. The minimum Gasteiger partial charge on any atom is -0.485 e. The Morgan fingerprint density at radius 3 is 2.50 bits per heavy atom. The van der Waals surface area contributed by atoms with Crippen LogP contribution in [-0.2, 0) is 6.61 Å². The fraction of sp³-hybridized carbons (Fsp3) is 0.167. The first kappa shape index (κ1) is 16.2. The number of carbonyl (C=O) groups is 1. The number of rotatable bonds is 6. The van der Waals surface area contributed by atoms with E-state index in [0.717, 1.165) is 5.56 Å². The molecule has 0 bridgehead atoms. The maximum Gasteiger partial charge on any atom is 0.258 e. The van der Waals surface area contributed by atoms with E-state index in [-0.39, 0.29) is 12.4 Å². The Kier molecular flexibility index (Phi) is 4.91. The van der Waals surface area contributed by atoms with Gasteiger partial charge < -0.3 is 9.26 Å². The topological polar surface area (TPSA) is 65.2 Å². The van der Waals surface area contributed by atoms with Crippen LogP contribution < -0.4 is 4.74 Å². The Bertz CT molecular complexity index is 826. The zero-order chi connectivity index (χ0) is 16.9. The fourth-order valence-corrected chi connectivity index (χ4v) is 2.24. The van der Waals surface area contributed by atoms with Crippen LogP contribution in [0.25, 0.3) is 11.5 Å². The molecule has 6 heteroatoms. The number of ether oxygens (including phenoxy) is 1. The van der Waals surface area contributed by atoms with Gasteiger partial charge >= 0.3 is 0 Å². The van der Waals surface area contributed by atoms with Gasteiger partial charge in [-0.1, -0.05) is 23.7 Å². The summed E-state index contributed by atoms with van der Waals surface area (Å²) in [6.45, 7) is 2.01. The Morgan fingerprint density at radius 1 is 1.12 bits per heavy atom. The van der Waals surface area contributed by atoms with Crippen LogP contribution in [0.5, 0.6) is 5.75 Å². The van der Waals surface area contributed by atoms with Gasteiger partial charge in [-0.05, 0) is 48.5 Å². The minimum absolute atomic E-state index is 0.104. The van der Waals surface area contributed by atoms with Crippen molar-refractivity contribution in [2.45, 2.75) is 20.0 Å². The number of halogens is 1. The van der Waals surface area contributed by atoms with Crippen molar-refractivity contribution in [2.24, 2.45) is 0 Å². The summed E-state index contributed by atoms with van der Waals surface area (Å²) in [4.78, 5) is 15.9. The lowest BCUT2D eigenvalue weighted by atomic mass is 10.1. The first-order chi connectivity index (χ1) is 11.7. The first-order valence-corrected chi connectivity index (χ1v) is 7.88. The lowest BCUT2D eigenvalue weighted by Crippen LogP contribution is -1.99. The van der Waals surface area contributed by atoms with Crippen LogP contribution in [0.3, 0.4) is 0 Å². The van der Waals surface area contributed by atoms with Gasteiger partial charge in [0.15, 0.2) is 12.4 Å². The molecule has 1 aromatic heterocycles. The monoisotopic (exact) mass is 342 g/mol. The quantitative estimate of drug-likeness (QED) is 0.614. The minimum atomic E-state index is 0.104. The van der Waals surface area contributed by atoms with Gasteiger partial charge in [0.2, 0.25) is 5.82 Å². The summed E-state index contributed by atoms with van der Waals surface area (Å²) in [5, 5.41) is 4.54. The molecule has 24 heavy (non-hydrogen) atoms. The number of hydrogen-bond acceptors (Lipinski definition) is 5. The average Bonchev–Trinajstić information content (AvgIpc) is 3.09. The Hall–Kier alpha value is -2.66. The first-order valence-electron chi connectivity index (χ1n) is 7.50. The Labute approximate surface area is 144 Å². The second kappa shape index (κ2) is 7.27. The highest BCUT2D eigenvalue weighted by atomic mass is 35.5. The summed E-state index contributed by atoms with van der Waals surface area (Å²) >= 11 is 5.85. The predicted molar refractivity (Wildman–Crippen MR) is 90.1 cm³/mol. The van der Waals surface area contributed by atoms with E-state index in [0.29, 0.717) is 34.5 Å². The van der Waals surface area contributed by atoms with Crippen molar-refractivity contribution in [3.8, 4) is 17.2 Å². The van der Waals surface area contributed by atoms with Gasteiger partial charge in [0, 0.05) is 22.6 Å². The highest BCUT2D eigenvalue weighted by molar-refractivity contribution is 6.30. The van der Waals surface area contributed by atoms with Crippen molar-refractivity contribution in [2.75, 3.05) is 0 Å². The molecule has 0 atom stereocenters. The van der Waals surface area contributed by atoms with E-state index >= 15 is 0 Å². The van der Waals surface area contributed by atoms with Crippen LogP contribution in [0.15, 0.2) is 53.1 Å². The second-order valence-corrected chi connectivity index (χ2v) is 5.55. The van der Waals surface area contributed by atoms with Crippen LogP contribution in [0.1, 0.15) is 29.5 Å². The normalized spacial score (nSPS) is 10.6. The highest BCUT2D eigenvalue weighted by Gasteiger charge is 2.09. The summed E-state index contributed by atoms with van der Waals surface area (Å²) in [5.41, 5.74) is 1.47. The number of carbonyl (C=O) groups excluding carboxylic acids is 1. The summed E-state index contributed by atoms with van der Waals surface area (Å²) < 4.78 is 10.8. The van der Waals surface area contributed by atoms with E-state index in [2.05, 4.69) is 10.1 Å². The SMILES string of the molecule is CCC(=O)c1ccc(OCc2noc(-c3ccc(Cl)cc3)n2)cc1. The molecule has 0 N–H and O–H groups in total. The van der Waals surface area contributed by atoms with Crippen molar-refractivity contribution in [3.05, 3.63) is 64.9 Å². The van der Waals surface area contributed by atoms with Crippen molar-refractivity contribution in [3.63, 3.8) is 0 Å². The third kappa shape index (κ3) is 3.81. The summed E-state index contributed by atoms with van der Waals surface area (Å²) in [6, 6.07) is 14.1. The molecule has 0 aliphatic rings. The zero-order valence-corrected chi connectivity index (χ0v) is 13.8. The Balaban J connectivity index is 1.63. The van der Waals surface area contributed by atoms with Crippen LogP contribution >= 0.6 is 11.6 Å². The molecule has 0 aliphatic carbocycles. The van der Waals surface area contributed by atoms with E-state index in [1.165, 1.54) is 0 Å². The van der Waals surface area contributed by atoms with Gasteiger partial charge in [0.1, 0.15) is 5.75 Å². The van der Waals surface area contributed by atoms with Gasteiger partial charge in [0.05, 0.1) is 0 Å². The van der Waals surface area contributed by atoms with Crippen molar-refractivity contribution in [1.82, 2.24) is 10.1 Å². The third-order valence-electron chi connectivity index (χ3n) is 3.42. The zero-order valence-electron chi connectivity index (χ0n) is 13.0. The number of aromatic nitrogens is 2. The fourth-order valence-electron chi connectivity index (χ4n) is 2.11. The van der Waals surface area contributed by atoms with Gasteiger partial charge in [0.25, 0.3) is 5.89 Å². The summed E-state index contributed by atoms with van der Waals surface area (Å²) in [6.07, 6.45) is 0.483. The lowest BCUT2D eigenvalue weighted by molar-refractivity contribution is 0.0988. The number of Topliss-reactive ketones (excluding diaryl/α,β-unsaturated/α-hetero) is 1. The molecule has 5 nitrogen and oxygen atoms in total. The van der Waals surface area contributed by atoms with E-state index in [4.69, 9.17) is 20.9 Å². The van der Waals surface area contributed by atoms with Crippen molar-refractivity contribution < 1.29 is 14.1 Å². The van der Waals surface area contributed by atoms with Crippen LogP contribution in [-0.4, -0.2) is 15.9 Å². The Morgan fingerprint density at radius 2 is 1.83 bits per heavy atom. The highest BCUT2D eigenvalue weighted by Crippen LogP contribution is 2.20. The molecule has 3 rings (SSSR count). The van der Waals surface area contributed by atoms with Crippen LogP contribution in [0, 0.1) is 0 Å². The molecule has 122 valence electrons. The van der Waals surface area contributed by atoms with E-state index in [9.17, 15) is 4.79 Å². The molecule has 0 fully saturated rings. The van der Waals surface area contributed by atoms with Crippen molar-refractivity contribution >= 4 is 17.4 Å². The molecule has 0 amide bonds. The molecule has 0 unspecified atom stereocenters. The van der Waals surface area contributed by atoms with Crippen LogP contribution in [0.2, 0.25) is 5.02 Å². The molecule has 0 radical (unpaired) electrons. The second-order valence-electron chi connectivity index (χ2n) is 5.11. The maximum atomic E-state index is 11.6. The molecule has 0 spiro atoms. The number of hydrogen-bond donors (Lipinski definition) is 0. The van der Waals surface area contributed by atoms with Crippen LogP contribution in [0.4, 0.5) is 0 Å². The number of benzene rings is 2. The third-order valence-corrected chi connectivity index (χ3v) is 3.68. The van der Waals surface area contributed by atoms with Gasteiger partial charge in [-0.2, -0.15) is 4.98 Å². The molecule has 0 saturated heterocycles. The smallest absolute Gasteiger partial charge is 0.258 e. The standard InChI is InChI=1S/C18H15ClN2O3/c1-2-16(22)12-5-9-15(10-6-12)23-11-17-20-18(24-21-17)13-3-7-14(19)8-4-13/h3-10H,2,11H2,1H3.